The molecule has 1 aliphatic rings. The maximum absolute atomic E-state index is 13.4. The Morgan fingerprint density at radius 2 is 2.22 bits per heavy atom. The number of aromatic nitrogens is 2. The topological polar surface area (TPSA) is 64.4 Å². The molecule has 0 N–H and O–H groups in total. The Hall–Kier alpha value is -1.77. The molecule has 0 aliphatic carbocycles. The molecular weight excluding hydrogens is 321 g/mol. The molecule has 0 radical (unpaired) electrons. The van der Waals surface area contributed by atoms with Crippen molar-refractivity contribution in [2.45, 2.75) is 18.0 Å². The molecule has 124 valence electrons. The van der Waals surface area contributed by atoms with Crippen molar-refractivity contribution in [2.24, 2.45) is 5.92 Å². The van der Waals surface area contributed by atoms with Crippen LogP contribution in [0, 0.1) is 11.7 Å². The number of hydrogen-bond donors (Lipinski definition) is 0. The molecule has 2 aromatic rings. The van der Waals surface area contributed by atoms with Crippen molar-refractivity contribution in [3.05, 3.63) is 48.3 Å². The molecule has 23 heavy (non-hydrogen) atoms. The third kappa shape index (κ3) is 3.29. The minimum atomic E-state index is -3.80. The largest absolute Gasteiger partial charge is 0.384 e. The number of halogens is 1. The van der Waals surface area contributed by atoms with Gasteiger partial charge in [0.15, 0.2) is 0 Å². The van der Waals surface area contributed by atoms with Gasteiger partial charge in [0.1, 0.15) is 11.6 Å². The molecular formula is C15H18FN3O3S. The summed E-state index contributed by atoms with van der Waals surface area (Å²) >= 11 is 0. The Balaban J connectivity index is 1.97. The molecule has 6 nitrogen and oxygen atoms in total. The lowest BCUT2D eigenvalue weighted by molar-refractivity contribution is 0.135. The van der Waals surface area contributed by atoms with Crippen LogP contribution in [0.15, 0.2) is 41.6 Å². The van der Waals surface area contributed by atoms with Crippen LogP contribution >= 0.6 is 0 Å². The van der Waals surface area contributed by atoms with Crippen LogP contribution in [0.1, 0.15) is 5.82 Å². The summed E-state index contributed by atoms with van der Waals surface area (Å²) in [6.07, 6.45) is 3.48. The van der Waals surface area contributed by atoms with E-state index in [2.05, 4.69) is 4.98 Å². The molecule has 0 bridgehead atoms. The van der Waals surface area contributed by atoms with Crippen LogP contribution in [0.25, 0.3) is 0 Å². The zero-order valence-corrected chi connectivity index (χ0v) is 13.5. The Morgan fingerprint density at radius 1 is 1.39 bits per heavy atom. The number of imidazole rings is 1. The highest BCUT2D eigenvalue weighted by Crippen LogP contribution is 2.23. The van der Waals surface area contributed by atoms with Crippen LogP contribution in [-0.2, 0) is 27.8 Å². The normalized spacial score (nSPS) is 19.3. The summed E-state index contributed by atoms with van der Waals surface area (Å²) in [5, 5.41) is 0. The third-order valence-corrected chi connectivity index (χ3v) is 5.68. The van der Waals surface area contributed by atoms with Gasteiger partial charge in [-0.15, -0.1) is 0 Å². The number of hydrogen-bond acceptors (Lipinski definition) is 4. The van der Waals surface area contributed by atoms with E-state index in [4.69, 9.17) is 4.74 Å². The predicted molar refractivity (Wildman–Crippen MR) is 81.6 cm³/mol. The SMILES string of the molecule is COC[C@H]1CN(S(=O)(=O)c2cccc(F)c2)Cc2nccn2C1. The molecule has 1 aromatic heterocycles. The molecule has 1 aliphatic heterocycles. The van der Waals surface area contributed by atoms with E-state index >= 15 is 0 Å². The average molecular weight is 339 g/mol. The van der Waals surface area contributed by atoms with E-state index in [9.17, 15) is 12.8 Å². The number of fused-ring (bicyclic) bond motifs is 1. The number of sulfonamides is 1. The predicted octanol–water partition coefficient (Wildman–Crippen LogP) is 1.49. The van der Waals surface area contributed by atoms with Gasteiger partial charge in [0, 0.05) is 38.5 Å². The second-order valence-electron chi connectivity index (χ2n) is 5.57. The number of rotatable bonds is 4. The van der Waals surface area contributed by atoms with Gasteiger partial charge in [0.2, 0.25) is 10.0 Å². The first kappa shape index (κ1) is 16.1. The number of ether oxygens (including phenoxy) is 1. The molecule has 1 aromatic carbocycles. The highest BCUT2D eigenvalue weighted by molar-refractivity contribution is 7.89. The molecule has 0 spiro atoms. The van der Waals surface area contributed by atoms with E-state index in [1.165, 1.54) is 22.5 Å². The first-order valence-corrected chi connectivity index (χ1v) is 8.69. The van der Waals surface area contributed by atoms with Gasteiger partial charge in [0.05, 0.1) is 18.0 Å². The Labute approximate surface area is 134 Å². The summed E-state index contributed by atoms with van der Waals surface area (Å²) in [6.45, 7) is 1.53. The lowest BCUT2D eigenvalue weighted by Gasteiger charge is -2.23. The van der Waals surface area contributed by atoms with E-state index in [0.717, 1.165) is 6.07 Å². The van der Waals surface area contributed by atoms with E-state index in [1.54, 1.807) is 13.3 Å². The fraction of sp³-hybridized carbons (Fsp3) is 0.400. The molecule has 0 fully saturated rings. The highest BCUT2D eigenvalue weighted by atomic mass is 32.2. The molecule has 0 saturated carbocycles. The third-order valence-electron chi connectivity index (χ3n) is 3.87. The van der Waals surface area contributed by atoms with Crippen molar-refractivity contribution in [1.82, 2.24) is 13.9 Å². The van der Waals surface area contributed by atoms with Gasteiger partial charge >= 0.3 is 0 Å². The smallest absolute Gasteiger partial charge is 0.243 e. The van der Waals surface area contributed by atoms with Gasteiger partial charge in [-0.3, -0.25) is 0 Å². The molecule has 0 amide bonds. The second kappa shape index (κ2) is 6.38. The van der Waals surface area contributed by atoms with Crippen LogP contribution < -0.4 is 0 Å². The molecule has 8 heteroatoms. The minimum Gasteiger partial charge on any atom is -0.384 e. The fourth-order valence-corrected chi connectivity index (χ4v) is 4.31. The quantitative estimate of drug-likeness (QED) is 0.847. The Bertz CT molecular complexity index is 791. The minimum absolute atomic E-state index is 0.00113. The fourth-order valence-electron chi connectivity index (χ4n) is 2.80. The standard InChI is InChI=1S/C15H18FN3O3S/c1-22-11-12-8-18-6-5-17-15(18)10-19(9-12)23(20,21)14-4-2-3-13(16)7-14/h2-7,12H,8-11H2,1H3/t12-/m1/s1. The summed E-state index contributed by atoms with van der Waals surface area (Å²) in [5.41, 5.74) is 0. The van der Waals surface area contributed by atoms with Crippen LogP contribution in [0.3, 0.4) is 0 Å². The van der Waals surface area contributed by atoms with E-state index in [0.29, 0.717) is 25.5 Å². The molecule has 0 unspecified atom stereocenters. The number of methoxy groups -OCH3 is 1. The highest BCUT2D eigenvalue weighted by Gasteiger charge is 2.31. The maximum atomic E-state index is 13.4. The summed E-state index contributed by atoms with van der Waals surface area (Å²) in [4.78, 5) is 4.18. The second-order valence-corrected chi connectivity index (χ2v) is 7.51. The Kier molecular flexibility index (Phi) is 4.47. The zero-order chi connectivity index (χ0) is 16.4. The van der Waals surface area contributed by atoms with Crippen LogP contribution in [0.2, 0.25) is 0 Å². The van der Waals surface area contributed by atoms with Gasteiger partial charge in [-0.25, -0.2) is 17.8 Å². The van der Waals surface area contributed by atoms with Crippen LogP contribution in [0.4, 0.5) is 4.39 Å². The van der Waals surface area contributed by atoms with Gasteiger partial charge in [-0.2, -0.15) is 4.31 Å². The van der Waals surface area contributed by atoms with Gasteiger partial charge < -0.3 is 9.30 Å². The molecule has 3 rings (SSSR count). The maximum Gasteiger partial charge on any atom is 0.243 e. The summed E-state index contributed by atoms with van der Waals surface area (Å²) in [7, 11) is -2.21. The first-order valence-electron chi connectivity index (χ1n) is 7.25. The van der Waals surface area contributed by atoms with Gasteiger partial charge in [-0.1, -0.05) is 6.07 Å². The van der Waals surface area contributed by atoms with Crippen LogP contribution in [0.5, 0.6) is 0 Å². The van der Waals surface area contributed by atoms with E-state index in [-0.39, 0.29) is 17.4 Å². The number of nitrogens with zero attached hydrogens (tertiary/aromatic N) is 3. The van der Waals surface area contributed by atoms with Crippen molar-refractivity contribution in [3.63, 3.8) is 0 Å². The molecule has 0 saturated heterocycles. The number of benzene rings is 1. The van der Waals surface area contributed by atoms with Gasteiger partial charge in [-0.05, 0) is 18.2 Å². The Morgan fingerprint density at radius 3 is 2.96 bits per heavy atom. The van der Waals surface area contributed by atoms with Crippen LogP contribution in [-0.4, -0.2) is 42.5 Å². The average Bonchev–Trinajstić information content (AvgIpc) is 2.86. The lowest BCUT2D eigenvalue weighted by Crippen LogP contribution is -2.35. The van der Waals surface area contributed by atoms with Crippen molar-refractivity contribution in [2.75, 3.05) is 20.3 Å². The van der Waals surface area contributed by atoms with Gasteiger partial charge in [0.25, 0.3) is 0 Å². The first-order chi connectivity index (χ1) is 11.0. The van der Waals surface area contributed by atoms with E-state index in [1.807, 2.05) is 10.8 Å². The summed E-state index contributed by atoms with van der Waals surface area (Å²) in [5.74, 6) is 0.0956. The zero-order valence-electron chi connectivity index (χ0n) is 12.7. The van der Waals surface area contributed by atoms with Crippen molar-refractivity contribution >= 4 is 10.0 Å². The van der Waals surface area contributed by atoms with E-state index < -0.39 is 15.8 Å². The lowest BCUT2D eigenvalue weighted by atomic mass is 10.1. The monoisotopic (exact) mass is 339 g/mol. The molecule has 2 heterocycles. The van der Waals surface area contributed by atoms with Crippen molar-refractivity contribution in [1.29, 1.82) is 0 Å². The van der Waals surface area contributed by atoms with Crippen molar-refractivity contribution in [3.8, 4) is 0 Å². The molecule has 1 atom stereocenters. The van der Waals surface area contributed by atoms with Crippen molar-refractivity contribution < 1.29 is 17.5 Å². The summed E-state index contributed by atoms with van der Waals surface area (Å²) < 4.78 is 47.6. The summed E-state index contributed by atoms with van der Waals surface area (Å²) in [6, 6.07) is 5.06.